The fourth-order valence-corrected chi connectivity index (χ4v) is 3.26. The zero-order chi connectivity index (χ0) is 16.6. The number of rotatable bonds is 2. The Morgan fingerprint density at radius 2 is 2.09 bits per heavy atom. The highest BCUT2D eigenvalue weighted by atomic mass is 16.1. The second-order valence-electron chi connectivity index (χ2n) is 6.99. The largest absolute Gasteiger partial charge is 0.368 e. The molecule has 1 aliphatic heterocycles. The van der Waals surface area contributed by atoms with Gasteiger partial charge < -0.3 is 9.88 Å². The minimum absolute atomic E-state index is 0.179. The van der Waals surface area contributed by atoms with Crippen LogP contribution in [0.1, 0.15) is 44.7 Å². The van der Waals surface area contributed by atoms with E-state index >= 15 is 0 Å². The van der Waals surface area contributed by atoms with Crippen molar-refractivity contribution in [2.45, 2.75) is 40.0 Å². The molecule has 0 aromatic carbocycles. The van der Waals surface area contributed by atoms with Gasteiger partial charge in [-0.25, -0.2) is 0 Å². The van der Waals surface area contributed by atoms with Crippen molar-refractivity contribution in [3.05, 3.63) is 33.7 Å². The second kappa shape index (κ2) is 5.69. The molecule has 0 spiro atoms. The summed E-state index contributed by atoms with van der Waals surface area (Å²) < 4.78 is 0. The van der Waals surface area contributed by atoms with Gasteiger partial charge in [0.1, 0.15) is 17.1 Å². The lowest BCUT2D eigenvalue weighted by atomic mass is 9.82. The Hall–Kier alpha value is -2.35. The molecule has 0 saturated carbocycles. The molecule has 5 nitrogen and oxygen atoms in total. The van der Waals surface area contributed by atoms with Crippen molar-refractivity contribution in [1.29, 1.82) is 5.26 Å². The van der Waals surface area contributed by atoms with Crippen molar-refractivity contribution in [2.24, 2.45) is 5.41 Å². The average Bonchev–Trinajstić information content (AvgIpc) is 2.53. The summed E-state index contributed by atoms with van der Waals surface area (Å²) in [6.45, 7) is 8.27. The van der Waals surface area contributed by atoms with Gasteiger partial charge in [-0.1, -0.05) is 20.8 Å². The Labute approximate surface area is 136 Å². The normalized spacial score (nSPS) is 17.2. The van der Waals surface area contributed by atoms with Crippen LogP contribution >= 0.6 is 0 Å². The lowest BCUT2D eigenvalue weighted by molar-refractivity contribution is 0.280. The van der Waals surface area contributed by atoms with Crippen LogP contribution in [0.15, 0.2) is 17.1 Å². The highest BCUT2D eigenvalue weighted by Crippen LogP contribution is 2.35. The van der Waals surface area contributed by atoms with Crippen molar-refractivity contribution in [3.8, 4) is 6.07 Å². The number of anilines is 1. The molecule has 0 atom stereocenters. The Bertz CT molecular complexity index is 834. The first kappa shape index (κ1) is 15.5. The van der Waals surface area contributed by atoms with Crippen molar-refractivity contribution in [1.82, 2.24) is 9.97 Å². The van der Waals surface area contributed by atoms with E-state index in [4.69, 9.17) is 0 Å². The van der Waals surface area contributed by atoms with Crippen LogP contribution < -0.4 is 10.5 Å². The number of nitrogens with zero attached hydrogens (tertiary/aromatic N) is 3. The van der Waals surface area contributed by atoms with Gasteiger partial charge in [-0.3, -0.25) is 9.78 Å². The molecule has 1 fully saturated rings. The standard InChI is InChI=1S/C18H22N4O/c1-4-12-5-8-20-15-14(12)21-17(23)13(11-19)16(15)22-9-6-18(2,3)7-10-22/h5,8H,4,6-7,9-10H2,1-3H3,(H,21,23). The molecular formula is C18H22N4O. The third kappa shape index (κ3) is 2.70. The molecule has 120 valence electrons. The number of hydrogen-bond acceptors (Lipinski definition) is 4. The number of piperidine rings is 1. The van der Waals surface area contributed by atoms with Crippen LogP contribution in [0.2, 0.25) is 0 Å². The van der Waals surface area contributed by atoms with E-state index in [0.29, 0.717) is 11.1 Å². The molecule has 23 heavy (non-hydrogen) atoms. The summed E-state index contributed by atoms with van der Waals surface area (Å²) in [6, 6.07) is 4.01. The molecule has 2 aromatic rings. The number of aromatic amines is 1. The van der Waals surface area contributed by atoms with E-state index in [9.17, 15) is 10.1 Å². The van der Waals surface area contributed by atoms with Crippen molar-refractivity contribution >= 4 is 16.7 Å². The molecule has 0 unspecified atom stereocenters. The Morgan fingerprint density at radius 3 is 2.70 bits per heavy atom. The molecule has 1 aliphatic rings. The zero-order valence-electron chi connectivity index (χ0n) is 13.9. The number of pyridine rings is 2. The van der Waals surface area contributed by atoms with Crippen LogP contribution in [-0.2, 0) is 6.42 Å². The van der Waals surface area contributed by atoms with Gasteiger partial charge in [0.25, 0.3) is 5.56 Å². The number of fused-ring (bicyclic) bond motifs is 1. The number of nitriles is 1. The van der Waals surface area contributed by atoms with Gasteiger partial charge >= 0.3 is 0 Å². The summed E-state index contributed by atoms with van der Waals surface area (Å²) in [4.78, 5) is 21.9. The zero-order valence-corrected chi connectivity index (χ0v) is 13.9. The molecule has 0 aliphatic carbocycles. The van der Waals surface area contributed by atoms with Crippen LogP contribution in [0.3, 0.4) is 0 Å². The van der Waals surface area contributed by atoms with E-state index in [0.717, 1.165) is 48.9 Å². The third-order valence-electron chi connectivity index (χ3n) is 4.89. The van der Waals surface area contributed by atoms with E-state index in [1.54, 1.807) is 6.20 Å². The number of aryl methyl sites for hydroxylation is 1. The van der Waals surface area contributed by atoms with Gasteiger partial charge in [0, 0.05) is 19.3 Å². The smallest absolute Gasteiger partial charge is 0.268 e. The lowest BCUT2D eigenvalue weighted by Crippen LogP contribution is -2.38. The van der Waals surface area contributed by atoms with E-state index in [2.05, 4.69) is 34.8 Å². The third-order valence-corrected chi connectivity index (χ3v) is 4.89. The Kier molecular flexibility index (Phi) is 3.85. The number of hydrogen-bond donors (Lipinski definition) is 1. The molecule has 1 saturated heterocycles. The predicted molar refractivity (Wildman–Crippen MR) is 91.7 cm³/mol. The van der Waals surface area contributed by atoms with E-state index in [-0.39, 0.29) is 11.1 Å². The predicted octanol–water partition coefficient (Wildman–Crippen LogP) is 2.98. The summed E-state index contributed by atoms with van der Waals surface area (Å²) in [5, 5.41) is 9.49. The summed E-state index contributed by atoms with van der Waals surface area (Å²) in [5.41, 5.74) is 3.43. The summed E-state index contributed by atoms with van der Waals surface area (Å²) in [5.74, 6) is 0. The minimum Gasteiger partial charge on any atom is -0.368 e. The van der Waals surface area contributed by atoms with Crippen LogP contribution in [0, 0.1) is 16.7 Å². The molecule has 2 aromatic heterocycles. The topological polar surface area (TPSA) is 72.8 Å². The van der Waals surface area contributed by atoms with E-state index in [1.165, 1.54) is 0 Å². The minimum atomic E-state index is -0.317. The molecule has 3 heterocycles. The average molecular weight is 310 g/mol. The summed E-state index contributed by atoms with van der Waals surface area (Å²) in [6.07, 6.45) is 4.66. The first-order valence-electron chi connectivity index (χ1n) is 8.16. The van der Waals surface area contributed by atoms with Crippen LogP contribution in [0.25, 0.3) is 11.0 Å². The maximum absolute atomic E-state index is 12.4. The van der Waals surface area contributed by atoms with Crippen molar-refractivity contribution in [2.75, 3.05) is 18.0 Å². The Morgan fingerprint density at radius 1 is 1.39 bits per heavy atom. The summed E-state index contributed by atoms with van der Waals surface area (Å²) >= 11 is 0. The fourth-order valence-electron chi connectivity index (χ4n) is 3.26. The van der Waals surface area contributed by atoms with E-state index < -0.39 is 0 Å². The van der Waals surface area contributed by atoms with Gasteiger partial charge in [0.05, 0.1) is 11.2 Å². The molecule has 5 heteroatoms. The first-order chi connectivity index (χ1) is 11.0. The van der Waals surface area contributed by atoms with Gasteiger partial charge in [-0.2, -0.15) is 5.26 Å². The fraction of sp³-hybridized carbons (Fsp3) is 0.500. The number of nitrogens with one attached hydrogen (secondary N) is 1. The van der Waals surface area contributed by atoms with Crippen molar-refractivity contribution in [3.63, 3.8) is 0 Å². The molecule has 0 amide bonds. The SMILES string of the molecule is CCc1ccnc2c(N3CCC(C)(C)CC3)c(C#N)c(=O)[nH]c12. The quantitative estimate of drug-likeness (QED) is 0.925. The second-order valence-corrected chi connectivity index (χ2v) is 6.99. The Balaban J connectivity index is 2.22. The number of aromatic nitrogens is 2. The van der Waals surface area contributed by atoms with Crippen molar-refractivity contribution < 1.29 is 0 Å². The van der Waals surface area contributed by atoms with E-state index in [1.807, 2.05) is 13.0 Å². The van der Waals surface area contributed by atoms with Gasteiger partial charge in [0.15, 0.2) is 0 Å². The maximum Gasteiger partial charge on any atom is 0.268 e. The van der Waals surface area contributed by atoms with Crippen LogP contribution in [-0.4, -0.2) is 23.1 Å². The monoisotopic (exact) mass is 310 g/mol. The summed E-state index contributed by atoms with van der Waals surface area (Å²) in [7, 11) is 0. The molecule has 0 bridgehead atoms. The van der Waals surface area contributed by atoms with Gasteiger partial charge in [-0.05, 0) is 36.3 Å². The highest BCUT2D eigenvalue weighted by Gasteiger charge is 2.29. The molecule has 0 radical (unpaired) electrons. The van der Waals surface area contributed by atoms with Gasteiger partial charge in [0.2, 0.25) is 0 Å². The molecular weight excluding hydrogens is 288 g/mol. The maximum atomic E-state index is 12.4. The first-order valence-corrected chi connectivity index (χ1v) is 8.16. The van der Waals surface area contributed by atoms with Crippen LogP contribution in [0.5, 0.6) is 0 Å². The number of H-pyrrole nitrogens is 1. The highest BCUT2D eigenvalue weighted by molar-refractivity contribution is 5.92. The molecule has 3 rings (SSSR count). The van der Waals surface area contributed by atoms with Crippen LogP contribution in [0.4, 0.5) is 5.69 Å². The lowest BCUT2D eigenvalue weighted by Gasteiger charge is -2.38. The van der Waals surface area contributed by atoms with Gasteiger partial charge in [-0.15, -0.1) is 0 Å². The molecule has 1 N–H and O–H groups in total.